The van der Waals surface area contributed by atoms with E-state index in [1.165, 1.54) is 16.7 Å². The van der Waals surface area contributed by atoms with E-state index in [0.717, 1.165) is 12.0 Å². The first-order valence-corrected chi connectivity index (χ1v) is 7.16. The second-order valence-corrected chi connectivity index (χ2v) is 6.37. The zero-order chi connectivity index (χ0) is 14.8. The SMILES string of the molecule is CCC(C)(C)N(C)CC(O)c1c(C)cc(C)cc1C. The lowest BCUT2D eigenvalue weighted by atomic mass is 9.93. The molecule has 0 heterocycles. The number of likely N-dealkylation sites (N-methyl/N-ethyl adjacent to an activating group) is 1. The molecule has 0 bridgehead atoms. The van der Waals surface area contributed by atoms with Gasteiger partial charge < -0.3 is 5.11 Å². The highest BCUT2D eigenvalue weighted by atomic mass is 16.3. The van der Waals surface area contributed by atoms with Crippen molar-refractivity contribution in [1.82, 2.24) is 4.90 Å². The van der Waals surface area contributed by atoms with E-state index in [-0.39, 0.29) is 5.54 Å². The van der Waals surface area contributed by atoms with Crippen LogP contribution in [-0.2, 0) is 0 Å². The topological polar surface area (TPSA) is 23.5 Å². The van der Waals surface area contributed by atoms with Gasteiger partial charge in [-0.2, -0.15) is 0 Å². The molecule has 0 saturated heterocycles. The molecule has 2 heteroatoms. The van der Waals surface area contributed by atoms with Crippen LogP contribution in [-0.4, -0.2) is 29.1 Å². The minimum atomic E-state index is -0.420. The van der Waals surface area contributed by atoms with Crippen LogP contribution in [0.5, 0.6) is 0 Å². The molecule has 1 aromatic rings. The maximum Gasteiger partial charge on any atom is 0.0922 e. The first kappa shape index (κ1) is 16.2. The number of hydrogen-bond acceptors (Lipinski definition) is 2. The number of rotatable bonds is 5. The van der Waals surface area contributed by atoms with Crippen LogP contribution in [0.3, 0.4) is 0 Å². The summed E-state index contributed by atoms with van der Waals surface area (Å²) >= 11 is 0. The Kier molecular flexibility index (Phi) is 5.17. The summed E-state index contributed by atoms with van der Waals surface area (Å²) in [6, 6.07) is 4.30. The Hall–Kier alpha value is -0.860. The van der Waals surface area contributed by atoms with Gasteiger partial charge in [-0.05, 0) is 64.8 Å². The average molecular weight is 263 g/mol. The van der Waals surface area contributed by atoms with Gasteiger partial charge >= 0.3 is 0 Å². The first-order valence-electron chi connectivity index (χ1n) is 7.16. The van der Waals surface area contributed by atoms with Crippen LogP contribution in [0.4, 0.5) is 0 Å². The third-order valence-corrected chi connectivity index (χ3v) is 4.42. The smallest absolute Gasteiger partial charge is 0.0922 e. The predicted octanol–water partition coefficient (Wildman–Crippen LogP) is 3.77. The molecule has 0 aliphatic rings. The van der Waals surface area contributed by atoms with Gasteiger partial charge in [-0.15, -0.1) is 0 Å². The Morgan fingerprint density at radius 1 is 1.16 bits per heavy atom. The normalized spacial score (nSPS) is 13.9. The number of hydrogen-bond donors (Lipinski definition) is 1. The minimum absolute atomic E-state index is 0.119. The number of aryl methyl sites for hydroxylation is 3. The summed E-state index contributed by atoms with van der Waals surface area (Å²) in [4.78, 5) is 2.25. The van der Waals surface area contributed by atoms with E-state index in [1.54, 1.807) is 0 Å². The standard InChI is InChI=1S/C17H29NO/c1-8-17(5,6)18(7)11-15(19)16-13(3)9-12(2)10-14(16)4/h9-10,15,19H,8,11H2,1-7H3. The van der Waals surface area contributed by atoms with Gasteiger partial charge in [0, 0.05) is 12.1 Å². The van der Waals surface area contributed by atoms with E-state index < -0.39 is 6.10 Å². The van der Waals surface area contributed by atoms with Gasteiger partial charge in [0.1, 0.15) is 0 Å². The van der Waals surface area contributed by atoms with Crippen molar-refractivity contribution in [2.45, 2.75) is 59.6 Å². The molecule has 0 amide bonds. The predicted molar refractivity (Wildman–Crippen MR) is 82.6 cm³/mol. The molecule has 108 valence electrons. The Balaban J connectivity index is 2.93. The third kappa shape index (κ3) is 3.80. The quantitative estimate of drug-likeness (QED) is 0.874. The number of aliphatic hydroxyl groups is 1. The lowest BCUT2D eigenvalue weighted by Crippen LogP contribution is -2.42. The summed E-state index contributed by atoms with van der Waals surface area (Å²) < 4.78 is 0. The van der Waals surface area contributed by atoms with Crippen molar-refractivity contribution in [3.8, 4) is 0 Å². The van der Waals surface area contributed by atoms with E-state index in [0.29, 0.717) is 6.54 Å². The molecule has 1 N–H and O–H groups in total. The molecule has 19 heavy (non-hydrogen) atoms. The van der Waals surface area contributed by atoms with Crippen LogP contribution in [0.2, 0.25) is 0 Å². The highest BCUT2D eigenvalue weighted by Crippen LogP contribution is 2.26. The van der Waals surface area contributed by atoms with Gasteiger partial charge in [0.05, 0.1) is 6.10 Å². The summed E-state index contributed by atoms with van der Waals surface area (Å²) in [5.74, 6) is 0. The van der Waals surface area contributed by atoms with E-state index in [4.69, 9.17) is 0 Å². The summed E-state index contributed by atoms with van der Waals surface area (Å²) in [7, 11) is 2.09. The lowest BCUT2D eigenvalue weighted by molar-refractivity contribution is 0.0680. The van der Waals surface area contributed by atoms with Crippen LogP contribution in [0.25, 0.3) is 0 Å². The highest BCUT2D eigenvalue weighted by molar-refractivity contribution is 5.39. The second kappa shape index (κ2) is 6.06. The number of nitrogens with zero attached hydrogens (tertiary/aromatic N) is 1. The summed E-state index contributed by atoms with van der Waals surface area (Å²) in [5.41, 5.74) is 4.84. The van der Waals surface area contributed by atoms with E-state index >= 15 is 0 Å². The molecule has 1 aromatic carbocycles. The fraction of sp³-hybridized carbons (Fsp3) is 0.647. The molecule has 0 aliphatic carbocycles. The molecule has 1 unspecified atom stereocenters. The largest absolute Gasteiger partial charge is 0.387 e. The van der Waals surface area contributed by atoms with Gasteiger partial charge in [-0.1, -0.05) is 24.6 Å². The molecule has 1 atom stereocenters. The van der Waals surface area contributed by atoms with Gasteiger partial charge in [0.15, 0.2) is 0 Å². The molecule has 0 aromatic heterocycles. The lowest BCUT2D eigenvalue weighted by Gasteiger charge is -2.36. The fourth-order valence-corrected chi connectivity index (χ4v) is 2.58. The fourth-order valence-electron chi connectivity index (χ4n) is 2.58. The third-order valence-electron chi connectivity index (χ3n) is 4.42. The maximum absolute atomic E-state index is 10.6. The monoisotopic (exact) mass is 263 g/mol. The van der Waals surface area contributed by atoms with Crippen molar-refractivity contribution in [1.29, 1.82) is 0 Å². The number of aliphatic hydroxyl groups excluding tert-OH is 1. The zero-order valence-electron chi connectivity index (χ0n) is 13.5. The van der Waals surface area contributed by atoms with Gasteiger partial charge in [0.2, 0.25) is 0 Å². The zero-order valence-corrected chi connectivity index (χ0v) is 13.5. The van der Waals surface area contributed by atoms with Crippen molar-refractivity contribution in [3.05, 3.63) is 34.4 Å². The molecular formula is C17H29NO. The van der Waals surface area contributed by atoms with Crippen molar-refractivity contribution >= 4 is 0 Å². The van der Waals surface area contributed by atoms with E-state index in [2.05, 4.69) is 65.6 Å². The van der Waals surface area contributed by atoms with Crippen LogP contribution < -0.4 is 0 Å². The Labute approximate surface area is 118 Å². The van der Waals surface area contributed by atoms with Crippen LogP contribution >= 0.6 is 0 Å². The number of β-amino-alcohol motifs (C(OH)–C–C–N with tert-alkyl or cyclic N) is 1. The molecule has 1 rings (SSSR count). The Morgan fingerprint density at radius 2 is 1.63 bits per heavy atom. The van der Waals surface area contributed by atoms with Gasteiger partial charge in [0.25, 0.3) is 0 Å². The maximum atomic E-state index is 10.6. The van der Waals surface area contributed by atoms with E-state index in [1.807, 2.05) is 0 Å². The number of benzene rings is 1. The van der Waals surface area contributed by atoms with E-state index in [9.17, 15) is 5.11 Å². The minimum Gasteiger partial charge on any atom is -0.387 e. The average Bonchev–Trinajstić information content (AvgIpc) is 2.27. The molecule has 0 spiro atoms. The van der Waals surface area contributed by atoms with Crippen molar-refractivity contribution in [2.75, 3.05) is 13.6 Å². The summed E-state index contributed by atoms with van der Waals surface area (Å²) in [5, 5.41) is 10.6. The second-order valence-electron chi connectivity index (χ2n) is 6.37. The van der Waals surface area contributed by atoms with Crippen molar-refractivity contribution in [3.63, 3.8) is 0 Å². The first-order chi connectivity index (χ1) is 8.69. The van der Waals surface area contributed by atoms with Crippen molar-refractivity contribution < 1.29 is 5.11 Å². The summed E-state index contributed by atoms with van der Waals surface area (Å²) in [6.45, 7) is 13.6. The van der Waals surface area contributed by atoms with Crippen LogP contribution in [0, 0.1) is 20.8 Å². The molecule has 0 radical (unpaired) electrons. The molecule has 0 fully saturated rings. The Morgan fingerprint density at radius 3 is 2.05 bits per heavy atom. The molecule has 2 nitrogen and oxygen atoms in total. The highest BCUT2D eigenvalue weighted by Gasteiger charge is 2.24. The Bertz CT molecular complexity index is 414. The van der Waals surface area contributed by atoms with Gasteiger partial charge in [-0.25, -0.2) is 0 Å². The molecular weight excluding hydrogens is 234 g/mol. The molecule has 0 saturated carbocycles. The summed E-state index contributed by atoms with van der Waals surface area (Å²) in [6.07, 6.45) is 0.652. The van der Waals surface area contributed by atoms with Crippen molar-refractivity contribution in [2.24, 2.45) is 0 Å². The van der Waals surface area contributed by atoms with Crippen LogP contribution in [0.1, 0.15) is 55.5 Å². The van der Waals surface area contributed by atoms with Crippen LogP contribution in [0.15, 0.2) is 12.1 Å². The van der Waals surface area contributed by atoms with Gasteiger partial charge in [-0.3, -0.25) is 4.90 Å². The molecule has 0 aliphatic heterocycles.